The van der Waals surface area contributed by atoms with Crippen molar-refractivity contribution >= 4 is 11.9 Å². The van der Waals surface area contributed by atoms with Gasteiger partial charge in [-0.2, -0.15) is 13.2 Å². The van der Waals surface area contributed by atoms with Gasteiger partial charge in [-0.05, 0) is 29.9 Å². The minimum Gasteiger partial charge on any atom is -0.481 e. The molecule has 0 bridgehead atoms. The summed E-state index contributed by atoms with van der Waals surface area (Å²) in [5.74, 6) is -2.37. The summed E-state index contributed by atoms with van der Waals surface area (Å²) in [5.41, 5.74) is -0.912. The quantitative estimate of drug-likeness (QED) is 0.525. The number of pyridine rings is 1. The van der Waals surface area contributed by atoms with Gasteiger partial charge in [-0.1, -0.05) is 51.1 Å². The van der Waals surface area contributed by atoms with Crippen molar-refractivity contribution in [1.82, 2.24) is 9.88 Å². The molecule has 1 aromatic carbocycles. The summed E-state index contributed by atoms with van der Waals surface area (Å²) in [6.45, 7) is 5.65. The fourth-order valence-corrected chi connectivity index (χ4v) is 5.65. The van der Waals surface area contributed by atoms with E-state index in [2.05, 4.69) is 4.98 Å². The number of methoxy groups -OCH3 is 1. The second-order valence-corrected chi connectivity index (χ2v) is 10.9. The average Bonchev–Trinajstić information content (AvgIpc) is 3.53. The first-order valence-electron chi connectivity index (χ1n) is 12.8. The van der Waals surface area contributed by atoms with Crippen LogP contribution in [0.2, 0.25) is 0 Å². The molecule has 3 heterocycles. The van der Waals surface area contributed by atoms with Crippen LogP contribution < -0.4 is 4.74 Å². The van der Waals surface area contributed by atoms with Crippen molar-refractivity contribution in [1.29, 1.82) is 0 Å². The number of nitrogens with zero attached hydrogens (tertiary/aromatic N) is 2. The Balaban J connectivity index is 1.81. The molecule has 212 valence electrons. The number of carboxylic acids is 1. The molecule has 11 heteroatoms. The highest BCUT2D eigenvalue weighted by molar-refractivity contribution is 5.88. The van der Waals surface area contributed by atoms with Gasteiger partial charge in [0.15, 0.2) is 0 Å². The van der Waals surface area contributed by atoms with E-state index in [1.54, 1.807) is 30.3 Å². The van der Waals surface area contributed by atoms with Crippen LogP contribution in [0.1, 0.15) is 56.3 Å². The number of hydrogen-bond donors (Lipinski definition) is 1. The number of ether oxygens (including phenoxy) is 3. The topological polar surface area (TPSA) is 98.2 Å². The van der Waals surface area contributed by atoms with Crippen molar-refractivity contribution in [2.45, 2.75) is 70.7 Å². The van der Waals surface area contributed by atoms with Crippen LogP contribution in [-0.4, -0.2) is 58.8 Å². The highest BCUT2D eigenvalue weighted by atomic mass is 19.4. The largest absolute Gasteiger partial charge is 0.481 e. The van der Waals surface area contributed by atoms with Gasteiger partial charge in [0, 0.05) is 24.3 Å². The van der Waals surface area contributed by atoms with Crippen LogP contribution in [0.25, 0.3) is 0 Å². The number of carbonyl (C=O) groups is 2. The Morgan fingerprint density at radius 2 is 1.87 bits per heavy atom. The Morgan fingerprint density at radius 1 is 1.18 bits per heavy atom. The summed E-state index contributed by atoms with van der Waals surface area (Å²) in [6.07, 6.45) is -4.43. The zero-order chi connectivity index (χ0) is 28.5. The summed E-state index contributed by atoms with van der Waals surface area (Å²) < 4.78 is 57.5. The third-order valence-electron chi connectivity index (χ3n) is 7.34. The first-order chi connectivity index (χ1) is 18.3. The van der Waals surface area contributed by atoms with Crippen LogP contribution in [0.3, 0.4) is 0 Å². The minimum absolute atomic E-state index is 0.0355. The number of aromatic nitrogens is 1. The number of hydrogen-bond acceptors (Lipinski definition) is 6. The van der Waals surface area contributed by atoms with Gasteiger partial charge in [-0.25, -0.2) is 9.78 Å². The monoisotopic (exact) mass is 550 g/mol. The molecule has 0 aliphatic carbocycles. The number of amides is 1. The molecule has 39 heavy (non-hydrogen) atoms. The van der Waals surface area contributed by atoms with E-state index >= 15 is 0 Å². The third-order valence-corrected chi connectivity index (χ3v) is 7.34. The Hall–Kier alpha value is -3.18. The number of benzene rings is 1. The fraction of sp³-hybridized carbons (Fsp3) is 0.536. The maximum Gasteiger partial charge on any atom is 0.417 e. The van der Waals surface area contributed by atoms with Crippen LogP contribution >= 0.6 is 0 Å². The standard InChI is InChI=1S/C28H33F3N2O6/c1-27(2,3)20-22(26(35)36)33(25(34)19-11-8-12-38-19)21(16-9-6-5-7-10-16)23(20)39-15-17-13-18(28(29,30)31)14-32-24(17)37-4/h5-7,9-10,13-14,19-23H,8,11-12,15H2,1-4H3,(H,35,36)/t19-,20+,21-,22-,23-/m0/s1. The summed E-state index contributed by atoms with van der Waals surface area (Å²) in [6, 6.07) is 7.77. The molecule has 0 radical (unpaired) electrons. The van der Waals surface area contributed by atoms with Gasteiger partial charge in [-0.15, -0.1) is 0 Å². The van der Waals surface area contributed by atoms with E-state index in [1.165, 1.54) is 12.0 Å². The zero-order valence-corrected chi connectivity index (χ0v) is 22.3. The van der Waals surface area contributed by atoms with E-state index in [0.717, 1.165) is 6.07 Å². The summed E-state index contributed by atoms with van der Waals surface area (Å²) in [4.78, 5) is 31.8. The van der Waals surface area contributed by atoms with E-state index in [4.69, 9.17) is 14.2 Å². The van der Waals surface area contributed by atoms with Gasteiger partial charge in [0.05, 0.1) is 31.4 Å². The van der Waals surface area contributed by atoms with E-state index < -0.39 is 59.2 Å². The lowest BCUT2D eigenvalue weighted by molar-refractivity contribution is -0.156. The maximum atomic E-state index is 13.8. The molecular formula is C28H33F3N2O6. The second-order valence-electron chi connectivity index (χ2n) is 10.9. The van der Waals surface area contributed by atoms with Crippen LogP contribution in [0, 0.1) is 11.3 Å². The molecule has 0 spiro atoms. The lowest BCUT2D eigenvalue weighted by Crippen LogP contribution is -2.50. The molecule has 8 nitrogen and oxygen atoms in total. The number of rotatable bonds is 7. The molecule has 5 atom stereocenters. The Labute approximate surface area is 225 Å². The SMILES string of the molecule is COc1ncc(C(F)(F)F)cc1CO[C@H]1[C@H](C(C)(C)C)[C@@H](C(=O)O)N(C(=O)[C@@H]2CCCO2)[C@H]1c1ccccc1. The molecule has 1 amide bonds. The number of alkyl halides is 3. The average molecular weight is 551 g/mol. The number of carbonyl (C=O) groups excluding carboxylic acids is 1. The van der Waals surface area contributed by atoms with E-state index in [-0.39, 0.29) is 18.1 Å². The molecule has 2 saturated heterocycles. The van der Waals surface area contributed by atoms with Crippen LogP contribution in [0.4, 0.5) is 13.2 Å². The molecule has 1 aromatic heterocycles. The first-order valence-corrected chi connectivity index (χ1v) is 12.8. The summed E-state index contributed by atoms with van der Waals surface area (Å²) in [7, 11) is 1.29. The second kappa shape index (κ2) is 11.1. The summed E-state index contributed by atoms with van der Waals surface area (Å²) in [5, 5.41) is 10.4. The molecule has 0 unspecified atom stereocenters. The van der Waals surface area contributed by atoms with Crippen molar-refractivity contribution in [2.75, 3.05) is 13.7 Å². The highest BCUT2D eigenvalue weighted by Crippen LogP contribution is 2.50. The van der Waals surface area contributed by atoms with Crippen LogP contribution in [0.5, 0.6) is 5.88 Å². The predicted molar refractivity (Wildman–Crippen MR) is 134 cm³/mol. The minimum atomic E-state index is -4.62. The van der Waals surface area contributed by atoms with E-state index in [0.29, 0.717) is 31.2 Å². The van der Waals surface area contributed by atoms with Crippen molar-refractivity contribution in [3.63, 3.8) is 0 Å². The zero-order valence-electron chi connectivity index (χ0n) is 22.3. The van der Waals surface area contributed by atoms with Crippen molar-refractivity contribution in [2.24, 2.45) is 11.3 Å². The summed E-state index contributed by atoms with van der Waals surface area (Å²) >= 11 is 0. The van der Waals surface area contributed by atoms with E-state index in [1.807, 2.05) is 20.8 Å². The third kappa shape index (κ3) is 5.89. The number of likely N-dealkylation sites (tertiary alicyclic amines) is 1. The lowest BCUT2D eigenvalue weighted by Gasteiger charge is -2.35. The molecule has 4 rings (SSSR count). The smallest absolute Gasteiger partial charge is 0.417 e. The van der Waals surface area contributed by atoms with Crippen molar-refractivity contribution < 1.29 is 42.1 Å². The van der Waals surface area contributed by atoms with Gasteiger partial charge >= 0.3 is 12.1 Å². The Bertz CT molecular complexity index is 1180. The number of carboxylic acid groups (broad SMARTS) is 1. The Kier molecular flexibility index (Phi) is 8.22. The molecule has 2 aliphatic heterocycles. The van der Waals surface area contributed by atoms with E-state index in [9.17, 15) is 27.9 Å². The molecule has 2 fully saturated rings. The number of aliphatic carboxylic acids is 1. The predicted octanol–water partition coefficient (Wildman–Crippen LogP) is 4.87. The molecular weight excluding hydrogens is 517 g/mol. The molecule has 0 saturated carbocycles. The number of halogens is 3. The maximum absolute atomic E-state index is 13.8. The molecule has 1 N–H and O–H groups in total. The van der Waals surface area contributed by atoms with Crippen molar-refractivity contribution in [3.05, 3.63) is 59.3 Å². The van der Waals surface area contributed by atoms with Crippen molar-refractivity contribution in [3.8, 4) is 5.88 Å². The first kappa shape index (κ1) is 28.8. The van der Waals surface area contributed by atoms with Gasteiger partial charge in [0.25, 0.3) is 5.91 Å². The van der Waals surface area contributed by atoms with Crippen LogP contribution in [-0.2, 0) is 31.8 Å². The molecule has 2 aromatic rings. The Morgan fingerprint density at radius 3 is 2.41 bits per heavy atom. The van der Waals surface area contributed by atoms with Gasteiger partial charge in [0.1, 0.15) is 12.1 Å². The van der Waals surface area contributed by atoms with Gasteiger partial charge < -0.3 is 24.2 Å². The normalized spacial score (nSPS) is 25.6. The van der Waals surface area contributed by atoms with Crippen LogP contribution in [0.15, 0.2) is 42.6 Å². The fourth-order valence-electron chi connectivity index (χ4n) is 5.65. The van der Waals surface area contributed by atoms with Gasteiger partial charge in [-0.3, -0.25) is 4.79 Å². The lowest BCUT2D eigenvalue weighted by atomic mass is 9.73. The highest BCUT2D eigenvalue weighted by Gasteiger charge is 2.59. The van der Waals surface area contributed by atoms with Gasteiger partial charge in [0.2, 0.25) is 5.88 Å². The molecule has 2 aliphatic rings.